The number of nitrogens with zero attached hydrogens (tertiary/aromatic N) is 1. The second-order valence-electron chi connectivity index (χ2n) is 3.92. The van der Waals surface area contributed by atoms with Crippen LogP contribution >= 0.6 is 0 Å². The monoisotopic (exact) mass is 256 g/mol. The predicted octanol–water partition coefficient (Wildman–Crippen LogP) is 1.33. The molecule has 0 spiro atoms. The van der Waals surface area contributed by atoms with Gasteiger partial charge >= 0.3 is 6.61 Å². The smallest absolute Gasteiger partial charge is 0.387 e. The number of amides is 1. The largest absolute Gasteiger partial charge is 0.434 e. The number of hydrogen-bond donors (Lipinski definition) is 1. The van der Waals surface area contributed by atoms with Crippen LogP contribution in [0.3, 0.4) is 0 Å². The van der Waals surface area contributed by atoms with E-state index in [-0.39, 0.29) is 17.2 Å². The molecule has 98 valence electrons. The van der Waals surface area contributed by atoms with E-state index in [1.807, 2.05) is 0 Å². The van der Waals surface area contributed by atoms with E-state index in [2.05, 4.69) is 10.1 Å². The van der Waals surface area contributed by atoms with Crippen LogP contribution in [0, 0.1) is 0 Å². The lowest BCUT2D eigenvalue weighted by Crippen LogP contribution is -2.46. The molecule has 1 aliphatic heterocycles. The minimum absolute atomic E-state index is 0.0731. The van der Waals surface area contributed by atoms with E-state index in [1.54, 1.807) is 17.0 Å². The summed E-state index contributed by atoms with van der Waals surface area (Å²) in [4.78, 5) is 13.8. The van der Waals surface area contributed by atoms with Crippen molar-refractivity contribution in [3.8, 4) is 5.75 Å². The number of nitrogens with one attached hydrogen (secondary N) is 1. The van der Waals surface area contributed by atoms with Gasteiger partial charge in [-0.15, -0.1) is 0 Å². The SMILES string of the molecule is O=C(c1ccccc1OC(F)F)N1CCNCC1. The Bertz CT molecular complexity index is 420. The van der Waals surface area contributed by atoms with Crippen LogP contribution in [0.25, 0.3) is 0 Å². The van der Waals surface area contributed by atoms with Crippen molar-refractivity contribution in [2.45, 2.75) is 6.61 Å². The average Bonchev–Trinajstić information content (AvgIpc) is 2.39. The molecule has 1 saturated heterocycles. The Morgan fingerprint density at radius 3 is 2.61 bits per heavy atom. The molecule has 6 heteroatoms. The number of carbonyl (C=O) groups is 1. The number of alkyl halides is 2. The summed E-state index contributed by atoms with van der Waals surface area (Å²) in [6, 6.07) is 6.07. The molecule has 1 N–H and O–H groups in total. The molecule has 0 aromatic heterocycles. The maximum Gasteiger partial charge on any atom is 0.387 e. The van der Waals surface area contributed by atoms with Gasteiger partial charge in [0.1, 0.15) is 5.75 Å². The van der Waals surface area contributed by atoms with Gasteiger partial charge in [-0.1, -0.05) is 12.1 Å². The van der Waals surface area contributed by atoms with E-state index < -0.39 is 6.61 Å². The lowest BCUT2D eigenvalue weighted by atomic mass is 10.1. The summed E-state index contributed by atoms with van der Waals surface area (Å²) >= 11 is 0. The highest BCUT2D eigenvalue weighted by Gasteiger charge is 2.22. The number of carbonyl (C=O) groups excluding carboxylic acids is 1. The molecule has 1 aromatic carbocycles. The van der Waals surface area contributed by atoms with Gasteiger partial charge in [0, 0.05) is 26.2 Å². The summed E-state index contributed by atoms with van der Waals surface area (Å²) in [5.74, 6) is -0.344. The first-order valence-electron chi connectivity index (χ1n) is 5.72. The lowest BCUT2D eigenvalue weighted by molar-refractivity contribution is -0.0502. The Balaban J connectivity index is 2.18. The van der Waals surface area contributed by atoms with Gasteiger partial charge in [0.25, 0.3) is 5.91 Å². The molecule has 4 nitrogen and oxygen atoms in total. The van der Waals surface area contributed by atoms with Gasteiger partial charge < -0.3 is 15.0 Å². The van der Waals surface area contributed by atoms with E-state index in [0.29, 0.717) is 26.2 Å². The highest BCUT2D eigenvalue weighted by atomic mass is 19.3. The van der Waals surface area contributed by atoms with Crippen molar-refractivity contribution in [2.24, 2.45) is 0 Å². The third kappa shape index (κ3) is 2.95. The molecule has 0 aliphatic carbocycles. The van der Waals surface area contributed by atoms with Gasteiger partial charge in [-0.2, -0.15) is 8.78 Å². The number of piperazine rings is 1. The van der Waals surface area contributed by atoms with Gasteiger partial charge in [-0.05, 0) is 12.1 Å². The van der Waals surface area contributed by atoms with Crippen LogP contribution in [-0.4, -0.2) is 43.6 Å². The standard InChI is InChI=1S/C12H14F2N2O2/c13-12(14)18-10-4-2-1-3-9(10)11(17)16-7-5-15-6-8-16/h1-4,12,15H,5-8H2. The Morgan fingerprint density at radius 1 is 1.28 bits per heavy atom. The summed E-state index contributed by atoms with van der Waals surface area (Å²) in [6.45, 7) is -0.362. The molecular weight excluding hydrogens is 242 g/mol. The normalized spacial score (nSPS) is 15.8. The minimum atomic E-state index is -2.93. The first kappa shape index (κ1) is 12.8. The molecule has 1 heterocycles. The zero-order chi connectivity index (χ0) is 13.0. The van der Waals surface area contributed by atoms with Gasteiger partial charge in [0.2, 0.25) is 0 Å². The topological polar surface area (TPSA) is 41.6 Å². The molecule has 18 heavy (non-hydrogen) atoms. The van der Waals surface area contributed by atoms with Crippen molar-refractivity contribution in [2.75, 3.05) is 26.2 Å². The van der Waals surface area contributed by atoms with Crippen molar-refractivity contribution < 1.29 is 18.3 Å². The van der Waals surface area contributed by atoms with Crippen LogP contribution in [0.2, 0.25) is 0 Å². The van der Waals surface area contributed by atoms with Crippen LogP contribution in [0.1, 0.15) is 10.4 Å². The fourth-order valence-electron chi connectivity index (χ4n) is 1.88. The Labute approximate surface area is 104 Å². The highest BCUT2D eigenvalue weighted by Crippen LogP contribution is 2.22. The number of ether oxygens (including phenoxy) is 1. The summed E-state index contributed by atoms with van der Waals surface area (Å²) in [5, 5.41) is 3.12. The van der Waals surface area contributed by atoms with Gasteiger partial charge in [0.05, 0.1) is 5.56 Å². The molecular formula is C12H14F2N2O2. The zero-order valence-corrected chi connectivity index (χ0v) is 9.73. The molecule has 1 aromatic rings. The van der Waals surface area contributed by atoms with Gasteiger partial charge in [0.15, 0.2) is 0 Å². The first-order chi connectivity index (χ1) is 8.68. The maximum atomic E-state index is 12.2. The molecule has 2 rings (SSSR count). The molecule has 0 bridgehead atoms. The van der Waals surface area contributed by atoms with Gasteiger partial charge in [-0.25, -0.2) is 0 Å². The summed E-state index contributed by atoms with van der Waals surface area (Å²) in [7, 11) is 0. The predicted molar refractivity (Wildman–Crippen MR) is 61.8 cm³/mol. The number of halogens is 2. The third-order valence-electron chi connectivity index (χ3n) is 2.74. The number of hydrogen-bond acceptors (Lipinski definition) is 3. The van der Waals surface area contributed by atoms with Crippen LogP contribution in [-0.2, 0) is 0 Å². The van der Waals surface area contributed by atoms with E-state index >= 15 is 0 Å². The van der Waals surface area contributed by atoms with Crippen molar-refractivity contribution in [3.05, 3.63) is 29.8 Å². The number of rotatable bonds is 3. The van der Waals surface area contributed by atoms with Crippen molar-refractivity contribution in [1.82, 2.24) is 10.2 Å². The van der Waals surface area contributed by atoms with Crippen LogP contribution in [0.5, 0.6) is 5.75 Å². The number of benzene rings is 1. The quantitative estimate of drug-likeness (QED) is 0.887. The molecule has 1 fully saturated rings. The fraction of sp³-hybridized carbons (Fsp3) is 0.417. The van der Waals surface area contributed by atoms with E-state index in [0.717, 1.165) is 0 Å². The van der Waals surface area contributed by atoms with Gasteiger partial charge in [-0.3, -0.25) is 4.79 Å². The van der Waals surface area contributed by atoms with E-state index in [4.69, 9.17) is 0 Å². The summed E-state index contributed by atoms with van der Waals surface area (Å²) in [5.41, 5.74) is 0.180. The molecule has 0 saturated carbocycles. The fourth-order valence-corrected chi connectivity index (χ4v) is 1.88. The summed E-state index contributed by atoms with van der Waals surface area (Å²) in [6.07, 6.45) is 0. The van der Waals surface area contributed by atoms with Crippen LogP contribution in [0.15, 0.2) is 24.3 Å². The Kier molecular flexibility index (Phi) is 4.09. The first-order valence-corrected chi connectivity index (χ1v) is 5.72. The Morgan fingerprint density at radius 2 is 1.94 bits per heavy atom. The highest BCUT2D eigenvalue weighted by molar-refractivity contribution is 5.97. The molecule has 1 amide bonds. The van der Waals surface area contributed by atoms with E-state index in [1.165, 1.54) is 12.1 Å². The maximum absolute atomic E-state index is 12.2. The molecule has 0 radical (unpaired) electrons. The lowest BCUT2D eigenvalue weighted by Gasteiger charge is -2.28. The van der Waals surface area contributed by atoms with E-state index in [9.17, 15) is 13.6 Å². The Hall–Kier alpha value is -1.69. The second kappa shape index (κ2) is 5.77. The molecule has 1 aliphatic rings. The van der Waals surface area contributed by atoms with Crippen molar-refractivity contribution in [3.63, 3.8) is 0 Å². The second-order valence-corrected chi connectivity index (χ2v) is 3.92. The van der Waals surface area contributed by atoms with Crippen molar-refractivity contribution in [1.29, 1.82) is 0 Å². The van der Waals surface area contributed by atoms with Crippen molar-refractivity contribution >= 4 is 5.91 Å². The minimum Gasteiger partial charge on any atom is -0.434 e. The average molecular weight is 256 g/mol. The molecule has 0 unspecified atom stereocenters. The van der Waals surface area contributed by atoms with Crippen LogP contribution in [0.4, 0.5) is 8.78 Å². The third-order valence-corrected chi connectivity index (χ3v) is 2.74. The number of para-hydroxylation sites is 1. The molecule has 0 atom stereocenters. The zero-order valence-electron chi connectivity index (χ0n) is 9.73. The summed E-state index contributed by atoms with van der Waals surface area (Å²) < 4.78 is 28.9. The van der Waals surface area contributed by atoms with Crippen LogP contribution < -0.4 is 10.1 Å².